The van der Waals surface area contributed by atoms with Gasteiger partial charge in [0.1, 0.15) is 0 Å². The number of nitrogens with two attached hydrogens (primary N) is 1. The standard InChI is InChI=1S/C22H25N3O2.ClH/c1-14-6-3-9-19(15(14)2)25-13-16(12-21(25)26)22(27)24-11-5-7-17-18(23)8-4-10-20(17)24;/h3-4,6,8-10,16H,5,7,11-13,23H2,1-2H3;1H. The predicted octanol–water partition coefficient (Wildman–Crippen LogP) is 3.64. The summed E-state index contributed by atoms with van der Waals surface area (Å²) in [5, 5.41) is 0. The van der Waals surface area contributed by atoms with Crippen LogP contribution < -0.4 is 15.5 Å². The highest BCUT2D eigenvalue weighted by atomic mass is 35.5. The van der Waals surface area contributed by atoms with Crippen molar-refractivity contribution in [3.63, 3.8) is 0 Å². The monoisotopic (exact) mass is 399 g/mol. The largest absolute Gasteiger partial charge is 0.398 e. The summed E-state index contributed by atoms with van der Waals surface area (Å²) in [5.74, 6) is -0.264. The average Bonchev–Trinajstić information content (AvgIpc) is 3.05. The Labute approximate surface area is 171 Å². The number of carbonyl (C=O) groups is 2. The van der Waals surface area contributed by atoms with Gasteiger partial charge in [-0.2, -0.15) is 0 Å². The van der Waals surface area contributed by atoms with Gasteiger partial charge in [-0.1, -0.05) is 18.2 Å². The van der Waals surface area contributed by atoms with E-state index >= 15 is 0 Å². The van der Waals surface area contributed by atoms with Crippen molar-refractivity contribution in [3.05, 3.63) is 53.1 Å². The molecule has 0 aliphatic carbocycles. The topological polar surface area (TPSA) is 66.6 Å². The van der Waals surface area contributed by atoms with Crippen molar-refractivity contribution in [2.45, 2.75) is 33.1 Å². The number of carbonyl (C=O) groups excluding carboxylic acids is 2. The van der Waals surface area contributed by atoms with Gasteiger partial charge in [0.05, 0.1) is 5.92 Å². The Morgan fingerprint density at radius 2 is 1.82 bits per heavy atom. The van der Waals surface area contributed by atoms with Crippen LogP contribution in [0.5, 0.6) is 0 Å². The molecule has 0 spiro atoms. The summed E-state index contributed by atoms with van der Waals surface area (Å²) >= 11 is 0. The molecule has 148 valence electrons. The molecule has 0 aromatic heterocycles. The van der Waals surface area contributed by atoms with Gasteiger partial charge >= 0.3 is 0 Å². The molecule has 2 aromatic rings. The van der Waals surface area contributed by atoms with E-state index in [0.29, 0.717) is 13.1 Å². The third kappa shape index (κ3) is 3.35. The number of hydrogen-bond donors (Lipinski definition) is 1. The van der Waals surface area contributed by atoms with Crippen LogP contribution >= 0.6 is 12.4 Å². The lowest BCUT2D eigenvalue weighted by molar-refractivity contribution is -0.124. The maximum absolute atomic E-state index is 13.3. The van der Waals surface area contributed by atoms with Crippen LogP contribution in [0, 0.1) is 19.8 Å². The molecule has 2 N–H and O–H groups in total. The maximum Gasteiger partial charge on any atom is 0.232 e. The minimum Gasteiger partial charge on any atom is -0.398 e. The fourth-order valence-electron chi connectivity index (χ4n) is 4.23. The second kappa shape index (κ2) is 7.84. The van der Waals surface area contributed by atoms with Crippen molar-refractivity contribution in [2.24, 2.45) is 5.92 Å². The fraction of sp³-hybridized carbons (Fsp3) is 0.364. The summed E-state index contributed by atoms with van der Waals surface area (Å²) in [7, 11) is 0. The van der Waals surface area contributed by atoms with Crippen molar-refractivity contribution in [1.29, 1.82) is 0 Å². The summed E-state index contributed by atoms with van der Waals surface area (Å²) in [5.41, 5.74) is 12.0. The molecule has 0 radical (unpaired) electrons. The van der Waals surface area contributed by atoms with Crippen LogP contribution in [0.3, 0.4) is 0 Å². The number of benzene rings is 2. The van der Waals surface area contributed by atoms with E-state index in [1.165, 1.54) is 0 Å². The van der Waals surface area contributed by atoms with Crippen molar-refractivity contribution >= 4 is 41.3 Å². The highest BCUT2D eigenvalue weighted by Crippen LogP contribution is 2.35. The van der Waals surface area contributed by atoms with E-state index in [2.05, 4.69) is 0 Å². The first-order valence-electron chi connectivity index (χ1n) is 9.52. The smallest absolute Gasteiger partial charge is 0.232 e. The highest BCUT2D eigenvalue weighted by molar-refractivity contribution is 6.05. The van der Waals surface area contributed by atoms with Crippen LogP contribution in [0.2, 0.25) is 0 Å². The molecule has 0 bridgehead atoms. The van der Waals surface area contributed by atoms with E-state index in [-0.39, 0.29) is 36.6 Å². The Morgan fingerprint density at radius 1 is 1.11 bits per heavy atom. The van der Waals surface area contributed by atoms with E-state index in [0.717, 1.165) is 46.6 Å². The molecule has 4 rings (SSSR count). The molecule has 2 aliphatic heterocycles. The summed E-state index contributed by atoms with van der Waals surface area (Å²) in [4.78, 5) is 29.5. The minimum absolute atomic E-state index is 0. The maximum atomic E-state index is 13.3. The molecule has 1 atom stereocenters. The number of nitrogens with zero attached hydrogens (tertiary/aromatic N) is 2. The molecule has 5 nitrogen and oxygen atoms in total. The number of anilines is 3. The van der Waals surface area contributed by atoms with Crippen molar-refractivity contribution in [3.8, 4) is 0 Å². The fourth-order valence-corrected chi connectivity index (χ4v) is 4.23. The minimum atomic E-state index is -0.315. The molecule has 1 saturated heterocycles. The van der Waals surface area contributed by atoms with Gasteiger partial charge in [0.25, 0.3) is 0 Å². The Hall–Kier alpha value is -2.53. The molecule has 0 saturated carbocycles. The van der Waals surface area contributed by atoms with Gasteiger partial charge in [0, 0.05) is 36.6 Å². The SMILES string of the molecule is Cc1cccc(N2CC(C(=O)N3CCCc4c(N)cccc43)CC2=O)c1C.Cl. The number of hydrogen-bond acceptors (Lipinski definition) is 3. The molecule has 2 heterocycles. The second-order valence-electron chi connectivity index (χ2n) is 7.56. The van der Waals surface area contributed by atoms with E-state index < -0.39 is 0 Å². The molecule has 2 amide bonds. The average molecular weight is 400 g/mol. The van der Waals surface area contributed by atoms with Crippen LogP contribution in [-0.4, -0.2) is 24.9 Å². The number of nitrogen functional groups attached to an aromatic ring is 1. The highest BCUT2D eigenvalue weighted by Gasteiger charge is 2.39. The Balaban J connectivity index is 0.00000225. The molecule has 1 unspecified atom stereocenters. The molecule has 2 aromatic carbocycles. The summed E-state index contributed by atoms with van der Waals surface area (Å²) < 4.78 is 0. The van der Waals surface area contributed by atoms with Crippen LogP contribution in [0.1, 0.15) is 29.5 Å². The van der Waals surface area contributed by atoms with Crippen LogP contribution in [0.25, 0.3) is 0 Å². The van der Waals surface area contributed by atoms with Crippen LogP contribution in [0.4, 0.5) is 17.1 Å². The van der Waals surface area contributed by atoms with E-state index in [4.69, 9.17) is 5.73 Å². The van der Waals surface area contributed by atoms with Gasteiger partial charge in [0.2, 0.25) is 11.8 Å². The van der Waals surface area contributed by atoms with Crippen molar-refractivity contribution in [2.75, 3.05) is 28.6 Å². The van der Waals surface area contributed by atoms with Gasteiger partial charge < -0.3 is 15.5 Å². The molecule has 1 fully saturated rings. The zero-order valence-electron chi connectivity index (χ0n) is 16.3. The second-order valence-corrected chi connectivity index (χ2v) is 7.56. The molecule has 2 aliphatic rings. The first-order chi connectivity index (χ1) is 13.0. The van der Waals surface area contributed by atoms with Gasteiger partial charge in [-0.25, -0.2) is 0 Å². The number of aryl methyl sites for hydroxylation is 1. The summed E-state index contributed by atoms with van der Waals surface area (Å²) in [6.07, 6.45) is 2.05. The van der Waals surface area contributed by atoms with E-state index in [9.17, 15) is 9.59 Å². The number of halogens is 1. The first-order valence-corrected chi connectivity index (χ1v) is 9.52. The van der Waals surface area contributed by atoms with Gasteiger partial charge in [-0.3, -0.25) is 9.59 Å². The number of fused-ring (bicyclic) bond motifs is 1. The lowest BCUT2D eigenvalue weighted by Gasteiger charge is -2.32. The summed E-state index contributed by atoms with van der Waals surface area (Å²) in [6.45, 7) is 5.19. The quantitative estimate of drug-likeness (QED) is 0.784. The van der Waals surface area contributed by atoms with E-state index in [1.807, 2.05) is 55.1 Å². The third-order valence-corrected chi connectivity index (χ3v) is 5.89. The lowest BCUT2D eigenvalue weighted by Crippen LogP contribution is -2.40. The lowest BCUT2D eigenvalue weighted by atomic mass is 9.97. The zero-order valence-corrected chi connectivity index (χ0v) is 17.1. The van der Waals surface area contributed by atoms with Crippen molar-refractivity contribution < 1.29 is 9.59 Å². The summed E-state index contributed by atoms with van der Waals surface area (Å²) in [6, 6.07) is 11.7. The Morgan fingerprint density at radius 3 is 2.61 bits per heavy atom. The van der Waals surface area contributed by atoms with Crippen molar-refractivity contribution in [1.82, 2.24) is 0 Å². The van der Waals surface area contributed by atoms with Crippen LogP contribution in [0.15, 0.2) is 36.4 Å². The molecular formula is C22H26ClN3O2. The number of amides is 2. The number of rotatable bonds is 2. The van der Waals surface area contributed by atoms with Gasteiger partial charge in [-0.15, -0.1) is 12.4 Å². The predicted molar refractivity (Wildman–Crippen MR) is 115 cm³/mol. The van der Waals surface area contributed by atoms with Crippen LogP contribution in [-0.2, 0) is 16.0 Å². The molecule has 6 heteroatoms. The first kappa shape index (κ1) is 20.2. The Kier molecular flexibility index (Phi) is 5.66. The Bertz CT molecular complexity index is 928. The van der Waals surface area contributed by atoms with Gasteiger partial charge in [0.15, 0.2) is 0 Å². The molecular weight excluding hydrogens is 374 g/mol. The molecule has 28 heavy (non-hydrogen) atoms. The van der Waals surface area contributed by atoms with E-state index in [1.54, 1.807) is 4.90 Å². The van der Waals surface area contributed by atoms with Gasteiger partial charge in [-0.05, 0) is 61.6 Å². The zero-order chi connectivity index (χ0) is 19.1. The third-order valence-electron chi connectivity index (χ3n) is 5.89. The normalized spacial score (nSPS) is 18.6.